The topological polar surface area (TPSA) is 32.3 Å². The van der Waals surface area contributed by atoms with E-state index >= 15 is 0 Å². The van der Waals surface area contributed by atoms with E-state index in [2.05, 4.69) is 51.8 Å². The van der Waals surface area contributed by atoms with Gasteiger partial charge in [-0.15, -0.1) is 0 Å². The van der Waals surface area contributed by atoms with Gasteiger partial charge in [0.1, 0.15) is 0 Å². The highest BCUT2D eigenvalue weighted by atomic mass is 16.2. The molecule has 3 heteroatoms. The zero-order chi connectivity index (χ0) is 13.9. The first-order valence-corrected chi connectivity index (χ1v) is 7.46. The minimum absolute atomic E-state index is 0.00746. The summed E-state index contributed by atoms with van der Waals surface area (Å²) < 4.78 is 0. The van der Waals surface area contributed by atoms with E-state index in [4.69, 9.17) is 0 Å². The Morgan fingerprint density at radius 1 is 1.22 bits per heavy atom. The Morgan fingerprint density at radius 3 is 2.28 bits per heavy atom. The second-order valence-electron chi connectivity index (χ2n) is 6.42. The third-order valence-corrected chi connectivity index (χ3v) is 3.77. The van der Waals surface area contributed by atoms with Crippen LogP contribution < -0.4 is 5.32 Å². The highest BCUT2D eigenvalue weighted by Gasteiger charge is 2.42. The normalized spacial score (nSPS) is 26.4. The van der Waals surface area contributed by atoms with E-state index in [0.717, 1.165) is 19.3 Å². The van der Waals surface area contributed by atoms with Crippen LogP contribution in [0.3, 0.4) is 0 Å². The van der Waals surface area contributed by atoms with Gasteiger partial charge in [0.15, 0.2) is 0 Å². The number of carbonyl (C=O) groups is 1. The molecule has 1 aliphatic rings. The molecule has 106 valence electrons. The predicted molar refractivity (Wildman–Crippen MR) is 76.2 cm³/mol. The lowest BCUT2D eigenvalue weighted by Crippen LogP contribution is -2.43. The molecule has 1 rings (SSSR count). The number of rotatable bonds is 6. The molecule has 0 spiro atoms. The summed E-state index contributed by atoms with van der Waals surface area (Å²) >= 11 is 0. The summed E-state index contributed by atoms with van der Waals surface area (Å²) in [6, 6.07) is 0.357. The third kappa shape index (κ3) is 3.47. The van der Waals surface area contributed by atoms with Gasteiger partial charge in [-0.25, -0.2) is 0 Å². The van der Waals surface area contributed by atoms with Gasteiger partial charge in [-0.3, -0.25) is 10.1 Å². The molecule has 0 aromatic rings. The van der Waals surface area contributed by atoms with Crippen LogP contribution >= 0.6 is 0 Å². The fourth-order valence-electron chi connectivity index (χ4n) is 2.86. The van der Waals surface area contributed by atoms with Crippen molar-refractivity contribution in [3.63, 3.8) is 0 Å². The van der Waals surface area contributed by atoms with E-state index in [-0.39, 0.29) is 12.2 Å². The second kappa shape index (κ2) is 6.55. The van der Waals surface area contributed by atoms with Gasteiger partial charge in [0.05, 0.1) is 12.2 Å². The summed E-state index contributed by atoms with van der Waals surface area (Å²) in [5, 5.41) is 3.54. The second-order valence-corrected chi connectivity index (χ2v) is 6.42. The molecule has 0 bridgehead atoms. The summed E-state index contributed by atoms with van der Waals surface area (Å²) in [5.74, 6) is 1.28. The van der Waals surface area contributed by atoms with Gasteiger partial charge < -0.3 is 4.90 Å². The van der Waals surface area contributed by atoms with Crippen molar-refractivity contribution in [2.24, 2.45) is 11.8 Å². The number of hydrogen-bond donors (Lipinski definition) is 1. The zero-order valence-electron chi connectivity index (χ0n) is 12.9. The summed E-state index contributed by atoms with van der Waals surface area (Å²) in [6.45, 7) is 13.0. The van der Waals surface area contributed by atoms with Gasteiger partial charge in [-0.1, -0.05) is 41.0 Å². The van der Waals surface area contributed by atoms with Crippen LogP contribution in [-0.2, 0) is 4.79 Å². The minimum atomic E-state index is 0.00746. The lowest BCUT2D eigenvalue weighted by molar-refractivity contribution is -0.133. The van der Waals surface area contributed by atoms with Gasteiger partial charge >= 0.3 is 0 Å². The van der Waals surface area contributed by atoms with E-state index < -0.39 is 0 Å². The molecule has 0 radical (unpaired) electrons. The monoisotopic (exact) mass is 254 g/mol. The smallest absolute Gasteiger partial charge is 0.241 e. The Bertz CT molecular complexity index is 276. The first kappa shape index (κ1) is 15.5. The van der Waals surface area contributed by atoms with Crippen molar-refractivity contribution in [2.45, 2.75) is 79.1 Å². The van der Waals surface area contributed by atoms with Gasteiger partial charge in [-0.2, -0.15) is 0 Å². The number of amides is 1. The number of nitrogens with one attached hydrogen (secondary N) is 1. The van der Waals surface area contributed by atoms with Crippen molar-refractivity contribution in [1.29, 1.82) is 0 Å². The largest absolute Gasteiger partial charge is 0.323 e. The molecular formula is C15H30N2O. The first-order chi connectivity index (χ1) is 8.38. The molecule has 0 aromatic heterocycles. The maximum absolute atomic E-state index is 12.5. The van der Waals surface area contributed by atoms with E-state index in [1.54, 1.807) is 0 Å². The van der Waals surface area contributed by atoms with Crippen LogP contribution in [0.1, 0.15) is 60.8 Å². The van der Waals surface area contributed by atoms with Crippen LogP contribution in [0.2, 0.25) is 0 Å². The Labute approximate surface area is 112 Å². The van der Waals surface area contributed by atoms with E-state index in [0.29, 0.717) is 23.8 Å². The number of nitrogens with zero attached hydrogens (tertiary/aromatic N) is 1. The van der Waals surface area contributed by atoms with Gasteiger partial charge in [0.25, 0.3) is 0 Å². The molecule has 3 nitrogen and oxygen atoms in total. The lowest BCUT2D eigenvalue weighted by Gasteiger charge is -2.31. The van der Waals surface area contributed by atoms with E-state index in [1.807, 2.05) is 0 Å². The van der Waals surface area contributed by atoms with Crippen LogP contribution in [0.25, 0.3) is 0 Å². The molecule has 0 aromatic carbocycles. The molecule has 3 atom stereocenters. The molecule has 1 fully saturated rings. The van der Waals surface area contributed by atoms with Crippen molar-refractivity contribution in [1.82, 2.24) is 10.2 Å². The minimum Gasteiger partial charge on any atom is -0.323 e. The van der Waals surface area contributed by atoms with Crippen LogP contribution in [-0.4, -0.2) is 29.1 Å². The molecule has 1 heterocycles. The molecule has 1 aliphatic heterocycles. The maximum Gasteiger partial charge on any atom is 0.241 e. The molecule has 0 aliphatic carbocycles. The molecular weight excluding hydrogens is 224 g/mol. The average molecular weight is 254 g/mol. The van der Waals surface area contributed by atoms with Gasteiger partial charge in [0, 0.05) is 6.04 Å². The SMILES string of the molecule is CCCC(C)N1C(=O)C(C(C)C)NC1CC(C)C. The summed E-state index contributed by atoms with van der Waals surface area (Å²) in [5.41, 5.74) is 0. The van der Waals surface area contributed by atoms with Crippen LogP contribution in [0, 0.1) is 11.8 Å². The summed E-state index contributed by atoms with van der Waals surface area (Å²) in [4.78, 5) is 14.6. The van der Waals surface area contributed by atoms with E-state index in [1.165, 1.54) is 0 Å². The molecule has 3 unspecified atom stereocenters. The van der Waals surface area contributed by atoms with Crippen molar-refractivity contribution in [3.05, 3.63) is 0 Å². The van der Waals surface area contributed by atoms with Crippen molar-refractivity contribution in [2.75, 3.05) is 0 Å². The quantitative estimate of drug-likeness (QED) is 0.790. The highest BCUT2D eigenvalue weighted by Crippen LogP contribution is 2.25. The fraction of sp³-hybridized carbons (Fsp3) is 0.933. The van der Waals surface area contributed by atoms with Crippen LogP contribution in [0.4, 0.5) is 0 Å². The van der Waals surface area contributed by atoms with E-state index in [9.17, 15) is 4.79 Å². The Morgan fingerprint density at radius 2 is 1.83 bits per heavy atom. The summed E-state index contributed by atoms with van der Waals surface area (Å²) in [6.07, 6.45) is 3.49. The first-order valence-electron chi connectivity index (χ1n) is 7.46. The maximum atomic E-state index is 12.5. The molecule has 1 N–H and O–H groups in total. The van der Waals surface area contributed by atoms with Crippen LogP contribution in [0.15, 0.2) is 0 Å². The zero-order valence-corrected chi connectivity index (χ0v) is 12.9. The number of hydrogen-bond acceptors (Lipinski definition) is 2. The highest BCUT2D eigenvalue weighted by molar-refractivity contribution is 5.84. The molecule has 1 saturated heterocycles. The third-order valence-electron chi connectivity index (χ3n) is 3.77. The fourth-order valence-corrected chi connectivity index (χ4v) is 2.86. The molecule has 0 saturated carbocycles. The summed E-state index contributed by atoms with van der Waals surface area (Å²) in [7, 11) is 0. The average Bonchev–Trinajstić information content (AvgIpc) is 2.55. The Kier molecular flexibility index (Phi) is 5.64. The van der Waals surface area contributed by atoms with Crippen LogP contribution in [0.5, 0.6) is 0 Å². The van der Waals surface area contributed by atoms with Gasteiger partial charge in [-0.05, 0) is 31.6 Å². The Hall–Kier alpha value is -0.570. The lowest BCUT2D eigenvalue weighted by atomic mass is 10.0. The Balaban J connectivity index is 2.82. The van der Waals surface area contributed by atoms with Crippen molar-refractivity contribution in [3.8, 4) is 0 Å². The number of carbonyl (C=O) groups excluding carboxylic acids is 1. The standard InChI is InChI=1S/C15H30N2O/c1-7-8-12(6)17-13(9-10(2)3)16-14(11(4)5)15(17)18/h10-14,16H,7-9H2,1-6H3. The molecule has 1 amide bonds. The predicted octanol–water partition coefficient (Wildman–Crippen LogP) is 3.00. The van der Waals surface area contributed by atoms with Crippen molar-refractivity contribution < 1.29 is 4.79 Å². The van der Waals surface area contributed by atoms with Crippen molar-refractivity contribution >= 4 is 5.91 Å². The molecule has 18 heavy (non-hydrogen) atoms. The van der Waals surface area contributed by atoms with Gasteiger partial charge in [0.2, 0.25) is 5.91 Å².